The van der Waals surface area contributed by atoms with E-state index < -0.39 is 6.10 Å². The molecule has 2 N–H and O–H groups in total. The lowest BCUT2D eigenvalue weighted by Crippen LogP contribution is -2.30. The number of aryl methyl sites for hydroxylation is 2. The quantitative estimate of drug-likeness (QED) is 0.883. The first-order valence-electron chi connectivity index (χ1n) is 8.29. The van der Waals surface area contributed by atoms with Gasteiger partial charge in [-0.1, -0.05) is 6.07 Å². The van der Waals surface area contributed by atoms with Gasteiger partial charge in [-0.15, -0.1) is 0 Å². The summed E-state index contributed by atoms with van der Waals surface area (Å²) in [6.45, 7) is 5.81. The first-order valence-corrected chi connectivity index (χ1v) is 8.29. The molecular formula is C19H25NO3. The van der Waals surface area contributed by atoms with Crippen LogP contribution < -0.4 is 0 Å². The molecule has 4 nitrogen and oxygen atoms in total. The molecule has 3 rings (SSSR count). The van der Waals surface area contributed by atoms with Gasteiger partial charge in [-0.2, -0.15) is 0 Å². The molecule has 23 heavy (non-hydrogen) atoms. The number of phenolic OH excluding ortho intramolecular Hbond substituents is 1. The van der Waals surface area contributed by atoms with Crippen LogP contribution in [0.25, 0.3) is 0 Å². The fourth-order valence-corrected chi connectivity index (χ4v) is 3.43. The minimum atomic E-state index is -0.566. The second-order valence-electron chi connectivity index (χ2n) is 6.60. The van der Waals surface area contributed by atoms with E-state index in [1.165, 1.54) is 5.56 Å². The van der Waals surface area contributed by atoms with Crippen LogP contribution in [0.2, 0.25) is 0 Å². The largest absolute Gasteiger partial charge is 0.508 e. The summed E-state index contributed by atoms with van der Waals surface area (Å²) in [5, 5.41) is 20.5. The highest BCUT2D eigenvalue weighted by Gasteiger charge is 2.28. The molecule has 0 amide bonds. The van der Waals surface area contributed by atoms with Gasteiger partial charge in [0.2, 0.25) is 0 Å². The molecule has 2 atom stereocenters. The lowest BCUT2D eigenvalue weighted by Gasteiger charge is -2.26. The van der Waals surface area contributed by atoms with Gasteiger partial charge in [0.25, 0.3) is 0 Å². The van der Waals surface area contributed by atoms with Crippen molar-refractivity contribution in [2.24, 2.45) is 0 Å². The summed E-state index contributed by atoms with van der Waals surface area (Å²) in [5.74, 6) is 0.996. The summed E-state index contributed by atoms with van der Waals surface area (Å²) in [4.78, 5) is 2.36. The van der Waals surface area contributed by atoms with Crippen molar-refractivity contribution >= 4 is 0 Å². The number of rotatable bonds is 5. The van der Waals surface area contributed by atoms with Gasteiger partial charge in [-0.05, 0) is 69.0 Å². The predicted octanol–water partition coefficient (Wildman–Crippen LogP) is 3.69. The second kappa shape index (κ2) is 6.77. The highest BCUT2D eigenvalue weighted by Crippen LogP contribution is 2.31. The number of aliphatic hydroxyl groups excluding tert-OH is 1. The van der Waals surface area contributed by atoms with Crippen molar-refractivity contribution in [2.75, 3.05) is 6.54 Å². The van der Waals surface area contributed by atoms with E-state index in [9.17, 15) is 10.2 Å². The van der Waals surface area contributed by atoms with Gasteiger partial charge in [0.1, 0.15) is 17.6 Å². The van der Waals surface area contributed by atoms with Crippen LogP contribution in [0, 0.1) is 13.8 Å². The number of furan rings is 1. The zero-order chi connectivity index (χ0) is 16.4. The highest BCUT2D eigenvalue weighted by molar-refractivity contribution is 5.40. The number of hydrogen-bond acceptors (Lipinski definition) is 4. The second-order valence-corrected chi connectivity index (χ2v) is 6.60. The average Bonchev–Trinajstić information content (AvgIpc) is 3.17. The van der Waals surface area contributed by atoms with Crippen molar-refractivity contribution in [3.8, 4) is 5.75 Å². The molecule has 4 heteroatoms. The Labute approximate surface area is 137 Å². The Morgan fingerprint density at radius 1 is 1.30 bits per heavy atom. The van der Waals surface area contributed by atoms with E-state index >= 15 is 0 Å². The van der Waals surface area contributed by atoms with Crippen LogP contribution in [0.15, 0.2) is 34.9 Å². The maximum Gasteiger partial charge on any atom is 0.132 e. The molecule has 1 saturated heterocycles. The first kappa shape index (κ1) is 16.1. The van der Waals surface area contributed by atoms with E-state index in [0.29, 0.717) is 24.0 Å². The summed E-state index contributed by atoms with van der Waals surface area (Å²) < 4.78 is 5.30. The fraction of sp³-hybridized carbons (Fsp3) is 0.474. The molecule has 0 spiro atoms. The van der Waals surface area contributed by atoms with Crippen LogP contribution in [0.3, 0.4) is 0 Å². The number of likely N-dealkylation sites (tertiary alicyclic amines) is 1. The molecular weight excluding hydrogens is 290 g/mol. The van der Waals surface area contributed by atoms with Crippen molar-refractivity contribution in [1.82, 2.24) is 4.90 Å². The van der Waals surface area contributed by atoms with Crippen molar-refractivity contribution in [3.05, 3.63) is 53.0 Å². The van der Waals surface area contributed by atoms with Crippen molar-refractivity contribution in [3.63, 3.8) is 0 Å². The molecule has 0 bridgehead atoms. The maximum atomic E-state index is 10.3. The molecule has 1 aliphatic rings. The number of nitrogens with zero attached hydrogens (tertiary/aromatic N) is 1. The van der Waals surface area contributed by atoms with E-state index in [0.717, 1.165) is 37.1 Å². The van der Waals surface area contributed by atoms with Crippen LogP contribution in [-0.4, -0.2) is 27.7 Å². The van der Waals surface area contributed by atoms with Gasteiger partial charge in [-0.3, -0.25) is 4.90 Å². The van der Waals surface area contributed by atoms with E-state index in [4.69, 9.17) is 4.42 Å². The number of aromatic hydroxyl groups is 1. The Hall–Kier alpha value is -1.78. The monoisotopic (exact) mass is 315 g/mol. The number of phenols is 1. The first-order chi connectivity index (χ1) is 11.0. The summed E-state index contributed by atoms with van der Waals surface area (Å²) in [5.41, 5.74) is 3.27. The molecule has 0 aliphatic carbocycles. The summed E-state index contributed by atoms with van der Waals surface area (Å²) >= 11 is 0. The number of hydrogen-bond donors (Lipinski definition) is 2. The highest BCUT2D eigenvalue weighted by atomic mass is 16.4. The maximum absolute atomic E-state index is 10.3. The summed E-state index contributed by atoms with van der Waals surface area (Å²) in [6.07, 6.45) is 3.89. The number of aliphatic hydroxyl groups is 1. The van der Waals surface area contributed by atoms with Crippen LogP contribution in [0.5, 0.6) is 5.75 Å². The summed E-state index contributed by atoms with van der Waals surface area (Å²) in [7, 11) is 0. The van der Waals surface area contributed by atoms with Crippen molar-refractivity contribution in [2.45, 2.75) is 51.8 Å². The van der Waals surface area contributed by atoms with Gasteiger partial charge in [-0.25, -0.2) is 0 Å². The van der Waals surface area contributed by atoms with E-state index in [1.807, 2.05) is 19.1 Å². The lowest BCUT2D eigenvalue weighted by molar-refractivity contribution is 0.0993. The zero-order valence-electron chi connectivity index (χ0n) is 13.8. The van der Waals surface area contributed by atoms with E-state index in [-0.39, 0.29) is 0 Å². The predicted molar refractivity (Wildman–Crippen MR) is 89.3 cm³/mol. The fourth-order valence-electron chi connectivity index (χ4n) is 3.43. The van der Waals surface area contributed by atoms with Crippen LogP contribution in [-0.2, 0) is 6.54 Å². The molecule has 1 aliphatic heterocycles. The van der Waals surface area contributed by atoms with Crippen molar-refractivity contribution < 1.29 is 14.6 Å². The lowest BCUT2D eigenvalue weighted by atomic mass is 10.0. The Bertz CT molecular complexity index is 651. The third-order valence-corrected chi connectivity index (χ3v) is 4.93. The van der Waals surface area contributed by atoms with Gasteiger partial charge in [0, 0.05) is 18.2 Å². The molecule has 1 aromatic heterocycles. The minimum Gasteiger partial charge on any atom is -0.508 e. The van der Waals surface area contributed by atoms with Crippen molar-refractivity contribution in [1.29, 1.82) is 0 Å². The Morgan fingerprint density at radius 2 is 2.09 bits per heavy atom. The topological polar surface area (TPSA) is 56.8 Å². The zero-order valence-corrected chi connectivity index (χ0v) is 13.8. The SMILES string of the molecule is Cc1cc(O)c(CN2CCCC2CC(O)c2ccco2)cc1C. The van der Waals surface area contributed by atoms with Crippen LogP contribution >= 0.6 is 0 Å². The van der Waals surface area contributed by atoms with E-state index in [1.54, 1.807) is 12.3 Å². The Balaban J connectivity index is 1.68. The van der Waals surface area contributed by atoms with Crippen LogP contribution in [0.1, 0.15) is 47.8 Å². The third-order valence-electron chi connectivity index (χ3n) is 4.93. The third kappa shape index (κ3) is 3.59. The minimum absolute atomic E-state index is 0.316. The molecule has 0 saturated carbocycles. The summed E-state index contributed by atoms with van der Waals surface area (Å²) in [6, 6.07) is 7.85. The average molecular weight is 315 g/mol. The van der Waals surface area contributed by atoms with Gasteiger partial charge >= 0.3 is 0 Å². The molecule has 124 valence electrons. The molecule has 1 aromatic carbocycles. The molecule has 0 radical (unpaired) electrons. The smallest absolute Gasteiger partial charge is 0.132 e. The molecule has 1 fully saturated rings. The molecule has 2 heterocycles. The Morgan fingerprint density at radius 3 is 2.83 bits per heavy atom. The standard InChI is InChI=1S/C19H25NO3/c1-13-9-15(17(21)10-14(13)2)12-20-7-3-5-16(20)11-18(22)19-6-4-8-23-19/h4,6,8-10,16,18,21-22H,3,5,7,11-12H2,1-2H3. The van der Waals surface area contributed by atoms with Gasteiger partial charge in [0.15, 0.2) is 0 Å². The normalized spacial score (nSPS) is 20.0. The van der Waals surface area contributed by atoms with Gasteiger partial charge < -0.3 is 14.6 Å². The molecule has 2 aromatic rings. The van der Waals surface area contributed by atoms with E-state index in [2.05, 4.69) is 17.9 Å². The Kier molecular flexibility index (Phi) is 4.74. The van der Waals surface area contributed by atoms with Gasteiger partial charge in [0.05, 0.1) is 6.26 Å². The van der Waals surface area contributed by atoms with Crippen LogP contribution in [0.4, 0.5) is 0 Å². The molecule has 2 unspecified atom stereocenters. The number of benzene rings is 1.